The molecule has 1 atom stereocenters. The van der Waals surface area contributed by atoms with E-state index in [9.17, 15) is 19.1 Å². The van der Waals surface area contributed by atoms with Crippen LogP contribution in [0.5, 0.6) is 5.75 Å². The number of benzene rings is 2. The molecule has 1 aliphatic heterocycles. The van der Waals surface area contributed by atoms with Crippen LogP contribution in [0.1, 0.15) is 23.6 Å². The lowest BCUT2D eigenvalue weighted by Crippen LogP contribution is -2.32. The fraction of sp³-hybridized carbons (Fsp3) is 0.304. The van der Waals surface area contributed by atoms with Crippen molar-refractivity contribution in [1.29, 1.82) is 0 Å². The largest absolute Gasteiger partial charge is 0.507 e. The number of carbonyl (C=O) groups excluding carboxylic acids is 2. The number of aliphatic hydroxyl groups excluding tert-OH is 1. The smallest absolute Gasteiger partial charge is 0.295 e. The summed E-state index contributed by atoms with van der Waals surface area (Å²) in [6.07, 6.45) is 0.583. The number of ether oxygens (including phenoxy) is 1. The second kappa shape index (κ2) is 9.49. The average Bonchev–Trinajstić information content (AvgIpc) is 2.98. The molecular formula is C23H24ClFN2O4. The average molecular weight is 447 g/mol. The molecule has 1 amide bonds. The van der Waals surface area contributed by atoms with Gasteiger partial charge in [0.25, 0.3) is 11.7 Å². The fourth-order valence-corrected chi connectivity index (χ4v) is 3.91. The number of amides is 1. The Bertz CT molecular complexity index is 1040. The summed E-state index contributed by atoms with van der Waals surface area (Å²) in [6, 6.07) is 9.40. The van der Waals surface area contributed by atoms with Gasteiger partial charge in [-0.3, -0.25) is 9.59 Å². The van der Waals surface area contributed by atoms with E-state index < -0.39 is 29.3 Å². The Hall–Kier alpha value is -2.90. The molecule has 1 N–H and O–H groups in total. The zero-order valence-corrected chi connectivity index (χ0v) is 18.3. The Labute approximate surface area is 185 Å². The molecular weight excluding hydrogens is 423 g/mol. The minimum absolute atomic E-state index is 0.146. The van der Waals surface area contributed by atoms with E-state index in [-0.39, 0.29) is 28.3 Å². The third-order valence-corrected chi connectivity index (χ3v) is 5.46. The standard InChI is InChI=1S/C23H24ClFN2O4/c1-26(2)11-6-12-27-20(15-7-4-5-8-17(15)25)19(22(29)23(27)30)21(28)14-9-10-18(31-3)16(24)13-14/h4-5,7-10,13,20,28H,6,11-12H2,1-3H3/b21-19-/t20-/m0/s1. The summed E-state index contributed by atoms with van der Waals surface area (Å²) in [6.45, 7) is 0.920. The van der Waals surface area contributed by atoms with Crippen LogP contribution in [0.4, 0.5) is 4.39 Å². The maximum absolute atomic E-state index is 14.7. The highest BCUT2D eigenvalue weighted by molar-refractivity contribution is 6.46. The molecule has 0 unspecified atom stereocenters. The summed E-state index contributed by atoms with van der Waals surface area (Å²) < 4.78 is 19.8. The van der Waals surface area contributed by atoms with Crippen LogP contribution in [0, 0.1) is 5.82 Å². The van der Waals surface area contributed by atoms with Crippen LogP contribution in [0.3, 0.4) is 0 Å². The second-order valence-electron chi connectivity index (χ2n) is 7.52. The number of methoxy groups -OCH3 is 1. The van der Waals surface area contributed by atoms with Gasteiger partial charge < -0.3 is 19.6 Å². The van der Waals surface area contributed by atoms with Gasteiger partial charge in [-0.2, -0.15) is 0 Å². The van der Waals surface area contributed by atoms with Gasteiger partial charge in [0.2, 0.25) is 0 Å². The SMILES string of the molecule is COc1ccc(/C(O)=C2/C(=O)C(=O)N(CCCN(C)C)[C@H]2c2ccccc2F)cc1Cl. The Kier molecular flexibility index (Phi) is 6.97. The molecule has 1 heterocycles. The summed E-state index contributed by atoms with van der Waals surface area (Å²) in [5.74, 6) is -2.21. The van der Waals surface area contributed by atoms with Gasteiger partial charge in [-0.1, -0.05) is 29.8 Å². The van der Waals surface area contributed by atoms with Crippen LogP contribution < -0.4 is 4.74 Å². The molecule has 2 aromatic rings. The molecule has 1 saturated heterocycles. The summed E-state index contributed by atoms with van der Waals surface area (Å²) in [5, 5.41) is 11.2. The Morgan fingerprint density at radius 1 is 1.23 bits per heavy atom. The van der Waals surface area contributed by atoms with Crippen molar-refractivity contribution in [3.05, 3.63) is 70.0 Å². The van der Waals surface area contributed by atoms with Crippen molar-refractivity contribution in [3.8, 4) is 5.75 Å². The Morgan fingerprint density at radius 2 is 1.94 bits per heavy atom. The van der Waals surface area contributed by atoms with Crippen LogP contribution >= 0.6 is 11.6 Å². The molecule has 0 radical (unpaired) electrons. The van der Waals surface area contributed by atoms with Gasteiger partial charge in [0.15, 0.2) is 0 Å². The minimum Gasteiger partial charge on any atom is -0.507 e. The normalized spacial score (nSPS) is 18.1. The van der Waals surface area contributed by atoms with Crippen molar-refractivity contribution in [2.45, 2.75) is 12.5 Å². The molecule has 0 aliphatic carbocycles. The number of Topliss-reactive ketones (excluding diaryl/α,β-unsaturated/α-hetero) is 1. The molecule has 2 aromatic carbocycles. The molecule has 6 nitrogen and oxygen atoms in total. The lowest BCUT2D eigenvalue weighted by molar-refractivity contribution is -0.140. The maximum atomic E-state index is 14.7. The van der Waals surface area contributed by atoms with Crippen LogP contribution in [0.2, 0.25) is 5.02 Å². The van der Waals surface area contributed by atoms with Crippen molar-refractivity contribution < 1.29 is 23.8 Å². The highest BCUT2D eigenvalue weighted by Crippen LogP contribution is 2.41. The zero-order chi connectivity index (χ0) is 22.7. The van der Waals surface area contributed by atoms with Crippen molar-refractivity contribution in [2.75, 3.05) is 34.3 Å². The fourth-order valence-electron chi connectivity index (χ4n) is 3.66. The molecule has 1 fully saturated rings. The Balaban J connectivity index is 2.13. The number of carbonyl (C=O) groups is 2. The van der Waals surface area contributed by atoms with Gasteiger partial charge in [-0.05, 0) is 51.3 Å². The molecule has 31 heavy (non-hydrogen) atoms. The van der Waals surface area contributed by atoms with Crippen LogP contribution in [0.25, 0.3) is 5.76 Å². The van der Waals surface area contributed by atoms with Crippen molar-refractivity contribution in [3.63, 3.8) is 0 Å². The first-order valence-corrected chi connectivity index (χ1v) is 10.2. The summed E-state index contributed by atoms with van der Waals surface area (Å²) in [7, 11) is 5.25. The predicted molar refractivity (Wildman–Crippen MR) is 117 cm³/mol. The molecule has 8 heteroatoms. The molecule has 0 aromatic heterocycles. The van der Waals surface area contributed by atoms with Crippen molar-refractivity contribution in [2.24, 2.45) is 0 Å². The topological polar surface area (TPSA) is 70.1 Å². The van der Waals surface area contributed by atoms with E-state index in [1.807, 2.05) is 19.0 Å². The quantitative estimate of drug-likeness (QED) is 0.397. The number of hydrogen-bond donors (Lipinski definition) is 1. The second-order valence-corrected chi connectivity index (χ2v) is 7.93. The van der Waals surface area contributed by atoms with Crippen LogP contribution in [-0.2, 0) is 9.59 Å². The number of hydrogen-bond acceptors (Lipinski definition) is 5. The Morgan fingerprint density at radius 3 is 2.55 bits per heavy atom. The van der Waals surface area contributed by atoms with Gasteiger partial charge in [0.1, 0.15) is 17.3 Å². The summed E-state index contributed by atoms with van der Waals surface area (Å²) in [5.41, 5.74) is 0.215. The summed E-state index contributed by atoms with van der Waals surface area (Å²) >= 11 is 6.17. The van der Waals surface area contributed by atoms with Crippen LogP contribution in [-0.4, -0.2) is 60.9 Å². The minimum atomic E-state index is -1.04. The molecule has 0 saturated carbocycles. The molecule has 0 spiro atoms. The van der Waals surface area contributed by atoms with E-state index in [2.05, 4.69) is 0 Å². The summed E-state index contributed by atoms with van der Waals surface area (Å²) in [4.78, 5) is 29.0. The first-order chi connectivity index (χ1) is 14.8. The number of rotatable bonds is 7. The third kappa shape index (κ3) is 4.57. The monoisotopic (exact) mass is 446 g/mol. The molecule has 1 aliphatic rings. The van der Waals surface area contributed by atoms with Gasteiger partial charge in [-0.15, -0.1) is 0 Å². The van der Waals surface area contributed by atoms with Gasteiger partial charge >= 0.3 is 0 Å². The lowest BCUT2D eigenvalue weighted by Gasteiger charge is -2.26. The molecule has 0 bridgehead atoms. The lowest BCUT2D eigenvalue weighted by atomic mass is 9.95. The zero-order valence-electron chi connectivity index (χ0n) is 17.6. The van der Waals surface area contributed by atoms with Crippen molar-refractivity contribution in [1.82, 2.24) is 9.80 Å². The van der Waals surface area contributed by atoms with E-state index in [0.717, 1.165) is 0 Å². The number of aliphatic hydroxyl groups is 1. The molecule has 164 valence electrons. The van der Waals surface area contributed by atoms with Crippen molar-refractivity contribution >= 4 is 29.1 Å². The van der Waals surface area contributed by atoms with E-state index in [1.165, 1.54) is 42.3 Å². The van der Waals surface area contributed by atoms with Gasteiger partial charge in [-0.25, -0.2) is 4.39 Å². The van der Waals surface area contributed by atoms with Gasteiger partial charge in [0.05, 0.1) is 23.7 Å². The highest BCUT2D eigenvalue weighted by Gasteiger charge is 2.46. The van der Waals surface area contributed by atoms with E-state index in [4.69, 9.17) is 16.3 Å². The maximum Gasteiger partial charge on any atom is 0.295 e. The van der Waals surface area contributed by atoms with E-state index in [0.29, 0.717) is 18.7 Å². The predicted octanol–water partition coefficient (Wildman–Crippen LogP) is 3.86. The van der Waals surface area contributed by atoms with Crippen LogP contribution in [0.15, 0.2) is 48.0 Å². The highest BCUT2D eigenvalue weighted by atomic mass is 35.5. The first-order valence-electron chi connectivity index (χ1n) is 9.77. The van der Waals surface area contributed by atoms with E-state index >= 15 is 0 Å². The third-order valence-electron chi connectivity index (χ3n) is 5.17. The van der Waals surface area contributed by atoms with Gasteiger partial charge in [0, 0.05) is 17.7 Å². The molecule has 3 rings (SSSR count). The number of likely N-dealkylation sites (tertiary alicyclic amines) is 1. The number of nitrogens with zero attached hydrogens (tertiary/aromatic N) is 2. The first kappa shape index (κ1) is 22.8. The number of ketones is 1. The number of halogens is 2. The van der Waals surface area contributed by atoms with E-state index in [1.54, 1.807) is 12.1 Å².